The normalized spacial score (nSPS) is 17.3. The molecule has 0 aromatic heterocycles. The van der Waals surface area contributed by atoms with Gasteiger partial charge in [-0.3, -0.25) is 4.79 Å². The van der Waals surface area contributed by atoms with Gasteiger partial charge in [0.2, 0.25) is 0 Å². The molecule has 1 saturated carbocycles. The van der Waals surface area contributed by atoms with Gasteiger partial charge in [-0.05, 0) is 36.5 Å². The Morgan fingerprint density at radius 1 is 1.39 bits per heavy atom. The number of aliphatic carboxylic acids is 1. The van der Waals surface area contributed by atoms with E-state index in [0.717, 1.165) is 25.0 Å². The zero-order chi connectivity index (χ0) is 13.3. The van der Waals surface area contributed by atoms with Crippen LogP contribution in [0.1, 0.15) is 24.3 Å². The molecular formula is C12H11F3O3. The fourth-order valence-electron chi connectivity index (χ4n) is 1.95. The highest BCUT2D eigenvalue weighted by Gasteiger charge is 2.38. The second-order valence-electron chi connectivity index (χ2n) is 4.27. The smallest absolute Gasteiger partial charge is 0.481 e. The lowest BCUT2D eigenvalue weighted by atomic mass is 9.94. The quantitative estimate of drug-likeness (QED) is 0.904. The van der Waals surface area contributed by atoms with E-state index < -0.39 is 18.2 Å². The SMILES string of the molecule is O=C(O)C(c1cccc(OC(F)(F)F)c1)C1CC1. The van der Waals surface area contributed by atoms with Crippen LogP contribution >= 0.6 is 0 Å². The zero-order valence-corrected chi connectivity index (χ0v) is 9.28. The summed E-state index contributed by atoms with van der Waals surface area (Å²) in [7, 11) is 0. The molecule has 1 fully saturated rings. The summed E-state index contributed by atoms with van der Waals surface area (Å²) in [5.74, 6) is -2.13. The van der Waals surface area contributed by atoms with Gasteiger partial charge in [-0.1, -0.05) is 12.1 Å². The summed E-state index contributed by atoms with van der Waals surface area (Å²) >= 11 is 0. The molecule has 98 valence electrons. The van der Waals surface area contributed by atoms with Crippen LogP contribution in [0.15, 0.2) is 24.3 Å². The fraction of sp³-hybridized carbons (Fsp3) is 0.417. The molecule has 3 nitrogen and oxygen atoms in total. The zero-order valence-electron chi connectivity index (χ0n) is 9.28. The highest BCUT2D eigenvalue weighted by molar-refractivity contribution is 5.77. The summed E-state index contributed by atoms with van der Waals surface area (Å²) < 4.78 is 40.0. The standard InChI is InChI=1S/C12H11F3O3/c13-12(14,15)18-9-3-1-2-8(6-9)10(11(16)17)7-4-5-7/h1-3,6-7,10H,4-5H2,(H,16,17). The van der Waals surface area contributed by atoms with Gasteiger partial charge in [-0.15, -0.1) is 13.2 Å². The van der Waals surface area contributed by atoms with Crippen LogP contribution in [0.25, 0.3) is 0 Å². The molecule has 0 spiro atoms. The van der Waals surface area contributed by atoms with Gasteiger partial charge in [0.05, 0.1) is 5.92 Å². The van der Waals surface area contributed by atoms with Gasteiger partial charge in [0.1, 0.15) is 5.75 Å². The van der Waals surface area contributed by atoms with E-state index in [0.29, 0.717) is 5.56 Å². The maximum absolute atomic E-state index is 12.1. The van der Waals surface area contributed by atoms with Gasteiger partial charge in [0.15, 0.2) is 0 Å². The molecule has 1 atom stereocenters. The van der Waals surface area contributed by atoms with E-state index >= 15 is 0 Å². The summed E-state index contributed by atoms with van der Waals surface area (Å²) in [5.41, 5.74) is 0.353. The minimum atomic E-state index is -4.77. The van der Waals surface area contributed by atoms with Crippen LogP contribution in [0.5, 0.6) is 5.75 Å². The van der Waals surface area contributed by atoms with Gasteiger partial charge in [0, 0.05) is 0 Å². The third-order valence-corrected chi connectivity index (χ3v) is 2.81. The van der Waals surface area contributed by atoms with Crippen molar-refractivity contribution < 1.29 is 27.8 Å². The maximum atomic E-state index is 12.1. The second kappa shape index (κ2) is 4.51. The van der Waals surface area contributed by atoms with Crippen molar-refractivity contribution in [2.24, 2.45) is 5.92 Å². The van der Waals surface area contributed by atoms with Crippen molar-refractivity contribution >= 4 is 5.97 Å². The minimum absolute atomic E-state index is 0.0173. The van der Waals surface area contributed by atoms with Crippen LogP contribution < -0.4 is 4.74 Å². The van der Waals surface area contributed by atoms with Crippen molar-refractivity contribution in [2.75, 3.05) is 0 Å². The van der Waals surface area contributed by atoms with Crippen LogP contribution in [0.3, 0.4) is 0 Å². The lowest BCUT2D eigenvalue weighted by Crippen LogP contribution is -2.18. The Balaban J connectivity index is 2.22. The van der Waals surface area contributed by atoms with Crippen molar-refractivity contribution in [1.82, 2.24) is 0 Å². The van der Waals surface area contributed by atoms with Crippen molar-refractivity contribution in [1.29, 1.82) is 0 Å². The lowest BCUT2D eigenvalue weighted by Gasteiger charge is -2.14. The topological polar surface area (TPSA) is 46.5 Å². The summed E-state index contributed by atoms with van der Waals surface area (Å²) in [6.45, 7) is 0. The van der Waals surface area contributed by atoms with Gasteiger partial charge in [0.25, 0.3) is 0 Å². The number of carboxylic acids is 1. The van der Waals surface area contributed by atoms with E-state index in [4.69, 9.17) is 5.11 Å². The fourth-order valence-corrected chi connectivity index (χ4v) is 1.95. The average molecular weight is 260 g/mol. The lowest BCUT2D eigenvalue weighted by molar-refractivity contribution is -0.274. The molecule has 1 aromatic carbocycles. The number of alkyl halides is 3. The predicted octanol–water partition coefficient (Wildman–Crippen LogP) is 3.16. The van der Waals surface area contributed by atoms with E-state index in [2.05, 4.69) is 4.74 Å². The van der Waals surface area contributed by atoms with Crippen molar-refractivity contribution in [3.8, 4) is 5.75 Å². The Hall–Kier alpha value is -1.72. The number of ether oxygens (including phenoxy) is 1. The van der Waals surface area contributed by atoms with Gasteiger partial charge >= 0.3 is 12.3 Å². The highest BCUT2D eigenvalue weighted by Crippen LogP contribution is 2.43. The maximum Gasteiger partial charge on any atom is 0.573 e. The molecule has 0 heterocycles. The Kier molecular flexibility index (Phi) is 3.19. The highest BCUT2D eigenvalue weighted by atomic mass is 19.4. The van der Waals surface area contributed by atoms with E-state index in [1.54, 1.807) is 0 Å². The summed E-state index contributed by atoms with van der Waals surface area (Å²) in [6, 6.07) is 5.18. The van der Waals surface area contributed by atoms with Gasteiger partial charge < -0.3 is 9.84 Å². The molecule has 0 radical (unpaired) electrons. The minimum Gasteiger partial charge on any atom is -0.481 e. The predicted molar refractivity (Wildman–Crippen MR) is 56.2 cm³/mol. The molecule has 2 rings (SSSR count). The number of hydrogen-bond donors (Lipinski definition) is 1. The molecule has 6 heteroatoms. The summed E-state index contributed by atoms with van der Waals surface area (Å²) in [5, 5.41) is 9.10. The van der Waals surface area contributed by atoms with E-state index in [9.17, 15) is 18.0 Å². The van der Waals surface area contributed by atoms with Crippen LogP contribution in [0.2, 0.25) is 0 Å². The Morgan fingerprint density at radius 3 is 2.56 bits per heavy atom. The molecule has 1 aliphatic rings. The van der Waals surface area contributed by atoms with Crippen molar-refractivity contribution in [3.05, 3.63) is 29.8 Å². The molecule has 0 amide bonds. The Labute approximate surface area is 101 Å². The number of hydrogen-bond acceptors (Lipinski definition) is 2. The molecule has 18 heavy (non-hydrogen) atoms. The first-order chi connectivity index (χ1) is 8.37. The molecule has 1 aromatic rings. The number of halogens is 3. The molecule has 0 aliphatic heterocycles. The number of carboxylic acid groups (broad SMARTS) is 1. The number of benzene rings is 1. The number of carbonyl (C=O) groups is 1. The summed E-state index contributed by atoms with van der Waals surface area (Å²) in [4.78, 5) is 11.1. The second-order valence-corrected chi connectivity index (χ2v) is 4.27. The molecule has 0 saturated heterocycles. The van der Waals surface area contributed by atoms with Gasteiger partial charge in [-0.2, -0.15) is 0 Å². The van der Waals surface area contributed by atoms with E-state index in [1.165, 1.54) is 12.1 Å². The van der Waals surface area contributed by atoms with Gasteiger partial charge in [-0.25, -0.2) is 0 Å². The first-order valence-corrected chi connectivity index (χ1v) is 5.45. The molecule has 1 unspecified atom stereocenters. The van der Waals surface area contributed by atoms with E-state index in [-0.39, 0.29) is 11.7 Å². The molecule has 1 N–H and O–H groups in total. The van der Waals surface area contributed by atoms with Crippen molar-refractivity contribution in [2.45, 2.75) is 25.1 Å². The van der Waals surface area contributed by atoms with Crippen LogP contribution in [0, 0.1) is 5.92 Å². The third kappa shape index (κ3) is 3.15. The molecule has 1 aliphatic carbocycles. The summed E-state index contributed by atoms with van der Waals surface area (Å²) in [6.07, 6.45) is -3.18. The largest absolute Gasteiger partial charge is 0.573 e. The molecule has 0 bridgehead atoms. The van der Waals surface area contributed by atoms with Crippen LogP contribution in [0.4, 0.5) is 13.2 Å². The van der Waals surface area contributed by atoms with Crippen LogP contribution in [-0.2, 0) is 4.79 Å². The third-order valence-electron chi connectivity index (χ3n) is 2.81. The van der Waals surface area contributed by atoms with Crippen LogP contribution in [-0.4, -0.2) is 17.4 Å². The number of rotatable bonds is 4. The average Bonchev–Trinajstić information content (AvgIpc) is 2.99. The first kappa shape index (κ1) is 12.7. The Morgan fingerprint density at radius 2 is 2.06 bits per heavy atom. The van der Waals surface area contributed by atoms with E-state index in [1.807, 2.05) is 0 Å². The molecular weight excluding hydrogens is 249 g/mol. The first-order valence-electron chi connectivity index (χ1n) is 5.45. The monoisotopic (exact) mass is 260 g/mol. The van der Waals surface area contributed by atoms with Crippen molar-refractivity contribution in [3.63, 3.8) is 0 Å². The Bertz CT molecular complexity index is 452.